The molecule has 0 aromatic heterocycles. The van der Waals surface area contributed by atoms with Crippen LogP contribution in [0.1, 0.15) is 36.9 Å². The van der Waals surface area contributed by atoms with E-state index in [1.807, 2.05) is 19.1 Å². The molecule has 0 saturated carbocycles. The van der Waals surface area contributed by atoms with Gasteiger partial charge in [-0.15, -0.1) is 0 Å². The number of nitrogens with one attached hydrogen (secondary N) is 1. The summed E-state index contributed by atoms with van der Waals surface area (Å²) in [7, 11) is -3.03. The predicted octanol–water partition coefficient (Wildman–Crippen LogP) is 2.09. The lowest BCUT2D eigenvalue weighted by Gasteiger charge is -2.26. The monoisotopic (exact) mass is 267 g/mol. The van der Waals surface area contributed by atoms with Gasteiger partial charge < -0.3 is 5.32 Å². The largest absolute Gasteiger partial charge is 0.309 e. The van der Waals surface area contributed by atoms with E-state index in [-0.39, 0.29) is 11.3 Å². The molecule has 2 atom stereocenters. The summed E-state index contributed by atoms with van der Waals surface area (Å²) in [4.78, 5) is 0. The summed E-state index contributed by atoms with van der Waals surface area (Å²) >= 11 is 0. The Bertz CT molecular complexity index is 510. The van der Waals surface area contributed by atoms with Crippen LogP contribution in [0.3, 0.4) is 0 Å². The molecule has 0 radical (unpaired) electrons. The van der Waals surface area contributed by atoms with Gasteiger partial charge in [0.1, 0.15) is 0 Å². The van der Waals surface area contributed by atoms with Crippen LogP contribution in [0, 0.1) is 0 Å². The van der Waals surface area contributed by atoms with Crippen LogP contribution < -0.4 is 5.32 Å². The van der Waals surface area contributed by atoms with E-state index in [1.54, 1.807) is 0 Å². The molecule has 2 rings (SSSR count). The first-order valence-corrected chi connectivity index (χ1v) is 8.49. The number of hydrogen-bond acceptors (Lipinski definition) is 3. The first-order valence-electron chi connectivity index (χ1n) is 6.54. The van der Waals surface area contributed by atoms with Crippen LogP contribution in [0.15, 0.2) is 24.3 Å². The average molecular weight is 267 g/mol. The van der Waals surface area contributed by atoms with Crippen molar-refractivity contribution in [2.75, 3.05) is 12.8 Å². The van der Waals surface area contributed by atoms with E-state index in [0.29, 0.717) is 0 Å². The van der Waals surface area contributed by atoms with Gasteiger partial charge in [-0.2, -0.15) is 0 Å². The van der Waals surface area contributed by atoms with Crippen LogP contribution in [0.2, 0.25) is 0 Å². The van der Waals surface area contributed by atoms with E-state index < -0.39 is 9.84 Å². The molecule has 100 valence electrons. The van der Waals surface area contributed by atoms with Gasteiger partial charge in [0.25, 0.3) is 0 Å². The molecule has 1 aromatic carbocycles. The van der Waals surface area contributed by atoms with E-state index in [1.165, 1.54) is 11.8 Å². The molecule has 0 spiro atoms. The average Bonchev–Trinajstić information content (AvgIpc) is 2.49. The first kappa shape index (κ1) is 13.6. The lowest BCUT2D eigenvalue weighted by atomic mass is 9.99. The van der Waals surface area contributed by atoms with Gasteiger partial charge >= 0.3 is 0 Å². The Balaban J connectivity index is 2.47. The molecule has 1 aromatic rings. The quantitative estimate of drug-likeness (QED) is 0.853. The van der Waals surface area contributed by atoms with Gasteiger partial charge in [-0.1, -0.05) is 31.2 Å². The van der Waals surface area contributed by atoms with Gasteiger partial charge in [-0.3, -0.25) is 0 Å². The van der Waals surface area contributed by atoms with Crippen molar-refractivity contribution >= 4 is 9.84 Å². The van der Waals surface area contributed by atoms with Crippen molar-refractivity contribution < 1.29 is 8.42 Å². The Labute approximate surface area is 110 Å². The molecular formula is C14H21NO2S. The van der Waals surface area contributed by atoms with Gasteiger partial charge in [-0.25, -0.2) is 8.42 Å². The molecular weight excluding hydrogens is 246 g/mol. The fourth-order valence-corrected chi connectivity index (χ4v) is 4.18. The molecule has 3 nitrogen and oxygen atoms in total. The van der Waals surface area contributed by atoms with Crippen LogP contribution >= 0.6 is 0 Å². The number of aryl methyl sites for hydroxylation is 1. The zero-order valence-electron chi connectivity index (χ0n) is 11.0. The van der Waals surface area contributed by atoms with Crippen molar-refractivity contribution in [3.8, 4) is 0 Å². The second-order valence-corrected chi connectivity index (χ2v) is 7.26. The number of fused-ring (bicyclic) bond motifs is 1. The fraction of sp³-hybridized carbons (Fsp3) is 0.571. The first-order chi connectivity index (χ1) is 8.54. The van der Waals surface area contributed by atoms with Crippen molar-refractivity contribution in [3.63, 3.8) is 0 Å². The predicted molar refractivity (Wildman–Crippen MR) is 74.4 cm³/mol. The smallest absolute Gasteiger partial charge is 0.152 e. The third-order valence-electron chi connectivity index (χ3n) is 3.67. The maximum absolute atomic E-state index is 12.0. The van der Waals surface area contributed by atoms with Gasteiger partial charge in [0.2, 0.25) is 0 Å². The molecule has 0 amide bonds. The van der Waals surface area contributed by atoms with Crippen molar-refractivity contribution in [1.29, 1.82) is 0 Å². The summed E-state index contributed by atoms with van der Waals surface area (Å²) in [6.07, 6.45) is 4.02. The van der Waals surface area contributed by atoms with Crippen LogP contribution in [-0.2, 0) is 16.3 Å². The highest BCUT2D eigenvalue weighted by Gasteiger charge is 2.33. The lowest BCUT2D eigenvalue weighted by molar-refractivity contribution is 0.485. The Morgan fingerprint density at radius 3 is 2.72 bits per heavy atom. The summed E-state index contributed by atoms with van der Waals surface area (Å²) in [6, 6.07) is 8.14. The van der Waals surface area contributed by atoms with Crippen molar-refractivity contribution in [2.24, 2.45) is 0 Å². The minimum Gasteiger partial charge on any atom is -0.309 e. The van der Waals surface area contributed by atoms with E-state index in [0.717, 1.165) is 31.4 Å². The van der Waals surface area contributed by atoms with E-state index in [2.05, 4.69) is 17.4 Å². The van der Waals surface area contributed by atoms with Gasteiger partial charge in [0, 0.05) is 12.3 Å². The van der Waals surface area contributed by atoms with E-state index in [4.69, 9.17) is 0 Å². The highest BCUT2D eigenvalue weighted by molar-refractivity contribution is 7.91. The molecule has 0 aliphatic heterocycles. The van der Waals surface area contributed by atoms with Gasteiger partial charge in [0.05, 0.1) is 5.25 Å². The molecule has 1 N–H and O–H groups in total. The molecule has 1 aliphatic carbocycles. The molecule has 0 heterocycles. The van der Waals surface area contributed by atoms with Crippen molar-refractivity contribution in [2.45, 2.75) is 37.5 Å². The second kappa shape index (κ2) is 5.41. The van der Waals surface area contributed by atoms with E-state index in [9.17, 15) is 8.42 Å². The van der Waals surface area contributed by atoms with Crippen molar-refractivity contribution in [1.82, 2.24) is 5.32 Å². The zero-order valence-corrected chi connectivity index (χ0v) is 11.8. The Morgan fingerprint density at radius 1 is 1.33 bits per heavy atom. The summed E-state index contributed by atoms with van der Waals surface area (Å²) < 4.78 is 24.0. The van der Waals surface area contributed by atoms with Gasteiger partial charge in [-0.05, 0) is 36.9 Å². The number of benzene rings is 1. The topological polar surface area (TPSA) is 46.2 Å². The SMILES string of the molecule is CCNC1c2ccccc2CCCC1S(C)(=O)=O. The van der Waals surface area contributed by atoms with Crippen LogP contribution in [0.25, 0.3) is 0 Å². The molecule has 2 unspecified atom stereocenters. The minimum atomic E-state index is -3.03. The number of rotatable bonds is 3. The maximum Gasteiger partial charge on any atom is 0.152 e. The third-order valence-corrected chi connectivity index (χ3v) is 5.28. The summed E-state index contributed by atoms with van der Waals surface area (Å²) in [6.45, 7) is 2.80. The number of sulfone groups is 1. The molecule has 0 bridgehead atoms. The molecule has 1 aliphatic rings. The fourth-order valence-electron chi connectivity index (χ4n) is 2.85. The van der Waals surface area contributed by atoms with Gasteiger partial charge in [0.15, 0.2) is 9.84 Å². The van der Waals surface area contributed by atoms with Crippen LogP contribution in [0.5, 0.6) is 0 Å². The maximum atomic E-state index is 12.0. The van der Waals surface area contributed by atoms with Crippen LogP contribution in [-0.4, -0.2) is 26.5 Å². The lowest BCUT2D eigenvalue weighted by Crippen LogP contribution is -2.36. The molecule has 4 heteroatoms. The molecule has 18 heavy (non-hydrogen) atoms. The zero-order chi connectivity index (χ0) is 13.2. The molecule has 0 saturated heterocycles. The Morgan fingerprint density at radius 2 is 2.06 bits per heavy atom. The standard InChI is InChI=1S/C14H21NO2S/c1-3-15-14-12-9-5-4-7-11(12)8-6-10-13(14)18(2,16)17/h4-5,7,9,13-15H,3,6,8,10H2,1-2H3. The summed E-state index contributed by atoms with van der Waals surface area (Å²) in [5, 5.41) is 3.05. The van der Waals surface area contributed by atoms with E-state index >= 15 is 0 Å². The van der Waals surface area contributed by atoms with Crippen LogP contribution in [0.4, 0.5) is 0 Å². The Hall–Kier alpha value is -0.870. The minimum absolute atomic E-state index is 0.0660. The summed E-state index contributed by atoms with van der Waals surface area (Å²) in [5.41, 5.74) is 2.45. The Kier molecular flexibility index (Phi) is 4.07. The highest BCUT2D eigenvalue weighted by atomic mass is 32.2. The molecule has 0 fully saturated rings. The third kappa shape index (κ3) is 2.75. The van der Waals surface area contributed by atoms with Crippen molar-refractivity contribution in [3.05, 3.63) is 35.4 Å². The summed E-state index contributed by atoms with van der Waals surface area (Å²) in [5.74, 6) is 0. The highest BCUT2D eigenvalue weighted by Crippen LogP contribution is 2.32. The number of hydrogen-bond donors (Lipinski definition) is 1. The second-order valence-electron chi connectivity index (χ2n) is 4.99. The normalized spacial score (nSPS) is 24.3.